The number of carbonyl (C=O) groups is 3. The quantitative estimate of drug-likeness (QED) is 0.0261. The van der Waals surface area contributed by atoms with Gasteiger partial charge in [0, 0.05) is 19.3 Å². The van der Waals surface area contributed by atoms with Crippen LogP contribution in [0, 0.1) is 0 Å². The standard InChI is InChI=1S/C66H122O6/c1-4-7-10-13-16-19-22-24-26-28-30-31-32-33-34-35-37-38-40-42-44-47-50-53-56-59-65(68)71-62-63(61-70-64(67)58-55-52-49-46-21-18-15-12-9-6-3)72-66(69)60-57-54-51-48-45-43-41-39-36-29-27-25-23-20-17-14-11-8-5-2/h12,15,25,27-28,30,63H,4-11,13-14,16-24,26,29,31-62H2,1-3H3/b15-12-,27-25-,30-28-. The molecule has 0 aromatic carbocycles. The normalized spacial score (nSPS) is 12.2. The molecule has 0 fully saturated rings. The van der Waals surface area contributed by atoms with Crippen LogP contribution in [0.4, 0.5) is 0 Å². The van der Waals surface area contributed by atoms with Gasteiger partial charge in [0.15, 0.2) is 6.10 Å². The summed E-state index contributed by atoms with van der Waals surface area (Å²) in [5, 5.41) is 0. The zero-order valence-electron chi connectivity index (χ0n) is 48.5. The van der Waals surface area contributed by atoms with E-state index in [2.05, 4.69) is 57.2 Å². The molecule has 72 heavy (non-hydrogen) atoms. The third kappa shape index (κ3) is 58.5. The van der Waals surface area contributed by atoms with Crippen molar-refractivity contribution in [2.75, 3.05) is 13.2 Å². The van der Waals surface area contributed by atoms with Crippen molar-refractivity contribution in [3.8, 4) is 0 Å². The maximum atomic E-state index is 12.9. The fraction of sp³-hybridized carbons (Fsp3) is 0.864. The second kappa shape index (κ2) is 61.2. The fourth-order valence-electron chi connectivity index (χ4n) is 9.50. The van der Waals surface area contributed by atoms with Gasteiger partial charge in [0.1, 0.15) is 13.2 Å². The Morgan fingerprint density at radius 2 is 0.486 bits per heavy atom. The molecule has 0 aliphatic carbocycles. The van der Waals surface area contributed by atoms with Crippen LogP contribution in [-0.4, -0.2) is 37.2 Å². The van der Waals surface area contributed by atoms with Gasteiger partial charge >= 0.3 is 17.9 Å². The Morgan fingerprint density at radius 3 is 0.750 bits per heavy atom. The van der Waals surface area contributed by atoms with Crippen molar-refractivity contribution in [2.45, 2.75) is 354 Å². The molecule has 0 radical (unpaired) electrons. The monoisotopic (exact) mass is 1010 g/mol. The predicted molar refractivity (Wildman–Crippen MR) is 312 cm³/mol. The number of carbonyl (C=O) groups excluding carboxylic acids is 3. The summed E-state index contributed by atoms with van der Waals surface area (Å²) in [6.07, 6.45) is 74.5. The lowest BCUT2D eigenvalue weighted by Gasteiger charge is -2.18. The molecule has 1 atom stereocenters. The third-order valence-electron chi connectivity index (χ3n) is 14.3. The molecule has 1 unspecified atom stereocenters. The SMILES string of the molecule is CCC/C=C\CCCCCCCC(=O)OCC(COC(=O)CCCCCCCCCCCCCCC/C=C\CCCCCCCCCC)OC(=O)CCCCCCCCCCC/C=C\CCCCCCCC. The van der Waals surface area contributed by atoms with Crippen LogP contribution in [0.3, 0.4) is 0 Å². The summed E-state index contributed by atoms with van der Waals surface area (Å²) < 4.78 is 16.9. The first-order chi connectivity index (χ1) is 35.5. The van der Waals surface area contributed by atoms with Crippen molar-refractivity contribution >= 4 is 17.9 Å². The van der Waals surface area contributed by atoms with Crippen molar-refractivity contribution in [2.24, 2.45) is 0 Å². The highest BCUT2D eigenvalue weighted by molar-refractivity contribution is 5.71. The van der Waals surface area contributed by atoms with E-state index in [4.69, 9.17) is 14.2 Å². The van der Waals surface area contributed by atoms with Gasteiger partial charge in [0.2, 0.25) is 0 Å². The van der Waals surface area contributed by atoms with E-state index >= 15 is 0 Å². The first kappa shape index (κ1) is 69.6. The lowest BCUT2D eigenvalue weighted by molar-refractivity contribution is -0.167. The Labute approximate surface area is 448 Å². The van der Waals surface area contributed by atoms with E-state index in [-0.39, 0.29) is 31.1 Å². The Balaban J connectivity index is 4.19. The molecule has 0 N–H and O–H groups in total. The molecule has 0 aromatic heterocycles. The Kier molecular flexibility index (Phi) is 59.2. The van der Waals surface area contributed by atoms with Gasteiger partial charge in [-0.15, -0.1) is 0 Å². The van der Waals surface area contributed by atoms with Gasteiger partial charge in [-0.05, 0) is 89.9 Å². The molecular weight excluding hydrogens is 889 g/mol. The van der Waals surface area contributed by atoms with Crippen molar-refractivity contribution in [1.82, 2.24) is 0 Å². The molecule has 0 aliphatic rings. The summed E-state index contributed by atoms with van der Waals surface area (Å²) >= 11 is 0. The summed E-state index contributed by atoms with van der Waals surface area (Å²) in [6, 6.07) is 0. The molecule has 6 nitrogen and oxygen atoms in total. The number of esters is 3. The minimum absolute atomic E-state index is 0.0726. The van der Waals surface area contributed by atoms with Crippen molar-refractivity contribution in [3.05, 3.63) is 36.5 Å². The Hall–Kier alpha value is -2.37. The summed E-state index contributed by atoms with van der Waals surface area (Å²) in [5.41, 5.74) is 0. The highest BCUT2D eigenvalue weighted by Gasteiger charge is 2.19. The van der Waals surface area contributed by atoms with Gasteiger partial charge in [-0.25, -0.2) is 0 Å². The molecule has 0 aliphatic heterocycles. The van der Waals surface area contributed by atoms with E-state index in [0.29, 0.717) is 19.3 Å². The lowest BCUT2D eigenvalue weighted by Crippen LogP contribution is -2.30. The second-order valence-electron chi connectivity index (χ2n) is 21.7. The number of unbranched alkanes of at least 4 members (excludes halogenated alkanes) is 42. The van der Waals surface area contributed by atoms with E-state index in [1.807, 2.05) is 0 Å². The molecular formula is C66H122O6. The minimum atomic E-state index is -0.775. The van der Waals surface area contributed by atoms with E-state index in [9.17, 15) is 14.4 Å². The summed E-state index contributed by atoms with van der Waals surface area (Å²) in [5.74, 6) is -0.867. The van der Waals surface area contributed by atoms with Gasteiger partial charge in [-0.1, -0.05) is 276 Å². The second-order valence-corrected chi connectivity index (χ2v) is 21.7. The Bertz CT molecular complexity index is 1210. The summed E-state index contributed by atoms with van der Waals surface area (Å²) in [7, 11) is 0. The third-order valence-corrected chi connectivity index (χ3v) is 14.3. The summed E-state index contributed by atoms with van der Waals surface area (Å²) in [6.45, 7) is 6.62. The van der Waals surface area contributed by atoms with E-state index in [1.165, 1.54) is 238 Å². The van der Waals surface area contributed by atoms with Crippen LogP contribution >= 0.6 is 0 Å². The van der Waals surface area contributed by atoms with Crippen molar-refractivity contribution < 1.29 is 28.6 Å². The van der Waals surface area contributed by atoms with Gasteiger partial charge in [-0.2, -0.15) is 0 Å². The highest BCUT2D eigenvalue weighted by Crippen LogP contribution is 2.17. The van der Waals surface area contributed by atoms with Crippen LogP contribution in [-0.2, 0) is 28.6 Å². The average Bonchev–Trinajstić information content (AvgIpc) is 3.38. The van der Waals surface area contributed by atoms with Crippen LogP contribution in [0.25, 0.3) is 0 Å². The van der Waals surface area contributed by atoms with Gasteiger partial charge in [0.05, 0.1) is 0 Å². The maximum Gasteiger partial charge on any atom is 0.306 e. The van der Waals surface area contributed by atoms with E-state index in [0.717, 1.165) is 70.6 Å². The number of allylic oxidation sites excluding steroid dienone is 6. The topological polar surface area (TPSA) is 78.9 Å². The molecule has 0 spiro atoms. The zero-order chi connectivity index (χ0) is 52.2. The van der Waals surface area contributed by atoms with Crippen molar-refractivity contribution in [1.29, 1.82) is 0 Å². The van der Waals surface area contributed by atoms with Crippen LogP contribution < -0.4 is 0 Å². The molecule has 0 amide bonds. The predicted octanol–water partition coefficient (Wildman–Crippen LogP) is 21.6. The molecule has 0 saturated carbocycles. The molecule has 0 heterocycles. The summed E-state index contributed by atoms with van der Waals surface area (Å²) in [4.78, 5) is 38.2. The minimum Gasteiger partial charge on any atom is -0.462 e. The largest absolute Gasteiger partial charge is 0.462 e. The number of rotatable bonds is 59. The van der Waals surface area contributed by atoms with Gasteiger partial charge in [0.25, 0.3) is 0 Å². The number of ether oxygens (including phenoxy) is 3. The zero-order valence-corrected chi connectivity index (χ0v) is 48.5. The maximum absolute atomic E-state index is 12.9. The molecule has 0 bridgehead atoms. The first-order valence-electron chi connectivity index (χ1n) is 32.0. The van der Waals surface area contributed by atoms with E-state index in [1.54, 1.807) is 0 Å². The lowest BCUT2D eigenvalue weighted by atomic mass is 10.0. The fourth-order valence-corrected chi connectivity index (χ4v) is 9.50. The molecule has 422 valence electrons. The van der Waals surface area contributed by atoms with Crippen LogP contribution in [0.2, 0.25) is 0 Å². The first-order valence-corrected chi connectivity index (χ1v) is 32.0. The number of hydrogen-bond acceptors (Lipinski definition) is 6. The molecule has 0 aromatic rings. The van der Waals surface area contributed by atoms with Gasteiger partial charge in [-0.3, -0.25) is 14.4 Å². The number of hydrogen-bond donors (Lipinski definition) is 0. The highest BCUT2D eigenvalue weighted by atomic mass is 16.6. The van der Waals surface area contributed by atoms with Crippen LogP contribution in [0.1, 0.15) is 348 Å². The molecule has 6 heteroatoms. The van der Waals surface area contributed by atoms with E-state index < -0.39 is 6.10 Å². The average molecular weight is 1010 g/mol. The van der Waals surface area contributed by atoms with Crippen LogP contribution in [0.5, 0.6) is 0 Å². The smallest absolute Gasteiger partial charge is 0.306 e. The molecule has 0 rings (SSSR count). The van der Waals surface area contributed by atoms with Crippen LogP contribution in [0.15, 0.2) is 36.5 Å². The van der Waals surface area contributed by atoms with Gasteiger partial charge < -0.3 is 14.2 Å². The van der Waals surface area contributed by atoms with Crippen molar-refractivity contribution in [3.63, 3.8) is 0 Å². The Morgan fingerprint density at radius 1 is 0.264 bits per heavy atom. The molecule has 0 saturated heterocycles.